The number of aryl methyl sites for hydroxylation is 1. The molecular weight excluding hydrogens is 286 g/mol. The maximum Gasteiger partial charge on any atom is 0.0211 e. The number of nitrogens with one attached hydrogen (secondary N) is 1. The molecule has 2 rings (SSSR count). The van der Waals surface area contributed by atoms with Crippen LogP contribution in [-0.2, 0) is 19.5 Å². The molecule has 0 heterocycles. The molecule has 0 unspecified atom stereocenters. The lowest BCUT2D eigenvalue weighted by Crippen LogP contribution is -2.13. The number of hydrogen-bond donors (Lipinski definition) is 1. The summed E-state index contributed by atoms with van der Waals surface area (Å²) in [5.41, 5.74) is 4.14. The highest BCUT2D eigenvalue weighted by Gasteiger charge is 1.99. The van der Waals surface area contributed by atoms with Gasteiger partial charge in [0.2, 0.25) is 0 Å². The van der Waals surface area contributed by atoms with Gasteiger partial charge in [0.15, 0.2) is 0 Å². The molecule has 94 valence electrons. The van der Waals surface area contributed by atoms with E-state index in [1.54, 1.807) is 0 Å². The van der Waals surface area contributed by atoms with Crippen molar-refractivity contribution in [3.05, 3.63) is 69.7 Å². The van der Waals surface area contributed by atoms with Crippen LogP contribution in [0.1, 0.15) is 23.6 Å². The van der Waals surface area contributed by atoms with Crippen molar-refractivity contribution >= 4 is 15.9 Å². The van der Waals surface area contributed by atoms with Crippen LogP contribution in [0.15, 0.2) is 53.0 Å². The average Bonchev–Trinajstić information content (AvgIpc) is 2.41. The molecule has 0 aliphatic rings. The van der Waals surface area contributed by atoms with E-state index in [9.17, 15) is 0 Å². The third-order valence-corrected chi connectivity index (χ3v) is 3.59. The number of benzene rings is 2. The summed E-state index contributed by atoms with van der Waals surface area (Å²) in [6, 6.07) is 17.1. The molecule has 0 atom stereocenters. The van der Waals surface area contributed by atoms with Crippen molar-refractivity contribution in [2.45, 2.75) is 26.4 Å². The van der Waals surface area contributed by atoms with Gasteiger partial charge in [0, 0.05) is 17.6 Å². The molecule has 0 bridgehead atoms. The van der Waals surface area contributed by atoms with E-state index in [-0.39, 0.29) is 0 Å². The average molecular weight is 304 g/mol. The van der Waals surface area contributed by atoms with Gasteiger partial charge in [0.25, 0.3) is 0 Å². The van der Waals surface area contributed by atoms with Gasteiger partial charge < -0.3 is 5.32 Å². The Balaban J connectivity index is 1.90. The van der Waals surface area contributed by atoms with Gasteiger partial charge in [-0.2, -0.15) is 0 Å². The largest absolute Gasteiger partial charge is 0.309 e. The first kappa shape index (κ1) is 13.3. The second-order valence-corrected chi connectivity index (χ2v) is 5.27. The minimum absolute atomic E-state index is 0.908. The summed E-state index contributed by atoms with van der Waals surface area (Å²) in [4.78, 5) is 0. The standard InChI is InChI=1S/C16H18BrN/c1-2-14-5-3-4-6-15(14)12-18-11-13-7-9-16(17)10-8-13/h3-10,18H,2,11-12H2,1H3. The van der Waals surface area contributed by atoms with Gasteiger partial charge in [-0.05, 0) is 35.2 Å². The number of rotatable bonds is 5. The van der Waals surface area contributed by atoms with Crippen LogP contribution in [0.25, 0.3) is 0 Å². The summed E-state index contributed by atoms with van der Waals surface area (Å²) < 4.78 is 1.13. The van der Waals surface area contributed by atoms with E-state index in [2.05, 4.69) is 76.7 Å². The first-order valence-corrected chi connectivity index (χ1v) is 7.11. The highest BCUT2D eigenvalue weighted by molar-refractivity contribution is 9.10. The van der Waals surface area contributed by atoms with Crippen LogP contribution in [0.5, 0.6) is 0 Å². The highest BCUT2D eigenvalue weighted by atomic mass is 79.9. The Bertz CT molecular complexity index is 491. The normalized spacial score (nSPS) is 10.6. The first-order chi connectivity index (χ1) is 8.79. The van der Waals surface area contributed by atoms with Gasteiger partial charge >= 0.3 is 0 Å². The van der Waals surface area contributed by atoms with Crippen molar-refractivity contribution in [3.63, 3.8) is 0 Å². The summed E-state index contributed by atoms with van der Waals surface area (Å²) in [5.74, 6) is 0. The molecule has 0 spiro atoms. The Labute approximate surface area is 117 Å². The molecule has 2 aromatic carbocycles. The van der Waals surface area contributed by atoms with E-state index in [0.29, 0.717) is 0 Å². The van der Waals surface area contributed by atoms with Crippen molar-refractivity contribution < 1.29 is 0 Å². The third-order valence-electron chi connectivity index (χ3n) is 3.06. The summed E-state index contributed by atoms with van der Waals surface area (Å²) in [6.45, 7) is 4.04. The van der Waals surface area contributed by atoms with Crippen LogP contribution in [-0.4, -0.2) is 0 Å². The summed E-state index contributed by atoms with van der Waals surface area (Å²) in [7, 11) is 0. The fourth-order valence-corrected chi connectivity index (χ4v) is 2.28. The van der Waals surface area contributed by atoms with Crippen molar-refractivity contribution in [2.75, 3.05) is 0 Å². The van der Waals surface area contributed by atoms with E-state index >= 15 is 0 Å². The van der Waals surface area contributed by atoms with E-state index in [1.165, 1.54) is 16.7 Å². The summed E-state index contributed by atoms with van der Waals surface area (Å²) >= 11 is 3.45. The zero-order chi connectivity index (χ0) is 12.8. The highest BCUT2D eigenvalue weighted by Crippen LogP contribution is 2.11. The third kappa shape index (κ3) is 3.69. The maximum atomic E-state index is 3.50. The van der Waals surface area contributed by atoms with Gasteiger partial charge in [-0.15, -0.1) is 0 Å². The molecule has 0 aliphatic heterocycles. The molecule has 0 fully saturated rings. The van der Waals surface area contributed by atoms with Crippen LogP contribution in [0, 0.1) is 0 Å². The molecule has 0 amide bonds. The second kappa shape index (κ2) is 6.72. The zero-order valence-corrected chi connectivity index (χ0v) is 12.2. The fraction of sp³-hybridized carbons (Fsp3) is 0.250. The van der Waals surface area contributed by atoms with Crippen LogP contribution < -0.4 is 5.32 Å². The number of hydrogen-bond acceptors (Lipinski definition) is 1. The van der Waals surface area contributed by atoms with E-state index in [4.69, 9.17) is 0 Å². The molecule has 0 aliphatic carbocycles. The maximum absolute atomic E-state index is 3.50. The molecule has 0 aromatic heterocycles. The van der Waals surface area contributed by atoms with Crippen LogP contribution in [0.2, 0.25) is 0 Å². The van der Waals surface area contributed by atoms with Crippen molar-refractivity contribution in [3.8, 4) is 0 Å². The smallest absolute Gasteiger partial charge is 0.0211 e. The van der Waals surface area contributed by atoms with Gasteiger partial charge in [0.1, 0.15) is 0 Å². The Morgan fingerprint density at radius 3 is 2.22 bits per heavy atom. The van der Waals surface area contributed by atoms with E-state index in [1.807, 2.05) is 0 Å². The lowest BCUT2D eigenvalue weighted by atomic mass is 10.1. The number of halogens is 1. The molecule has 0 radical (unpaired) electrons. The predicted octanol–water partition coefficient (Wildman–Crippen LogP) is 4.30. The second-order valence-electron chi connectivity index (χ2n) is 4.35. The van der Waals surface area contributed by atoms with Crippen LogP contribution in [0.3, 0.4) is 0 Å². The molecule has 0 saturated heterocycles. The minimum atomic E-state index is 0.908. The predicted molar refractivity (Wildman–Crippen MR) is 80.5 cm³/mol. The van der Waals surface area contributed by atoms with E-state index in [0.717, 1.165) is 24.0 Å². The van der Waals surface area contributed by atoms with Gasteiger partial charge in [-0.1, -0.05) is 59.3 Å². The monoisotopic (exact) mass is 303 g/mol. The van der Waals surface area contributed by atoms with Crippen LogP contribution in [0.4, 0.5) is 0 Å². The van der Waals surface area contributed by atoms with Crippen molar-refractivity contribution in [1.29, 1.82) is 0 Å². The van der Waals surface area contributed by atoms with Gasteiger partial charge in [-0.3, -0.25) is 0 Å². The van der Waals surface area contributed by atoms with Crippen LogP contribution >= 0.6 is 15.9 Å². The molecule has 18 heavy (non-hydrogen) atoms. The Hall–Kier alpha value is -1.12. The van der Waals surface area contributed by atoms with Crippen molar-refractivity contribution in [1.82, 2.24) is 5.32 Å². The fourth-order valence-electron chi connectivity index (χ4n) is 2.02. The molecule has 1 nitrogen and oxygen atoms in total. The molecular formula is C16H18BrN. The lowest BCUT2D eigenvalue weighted by molar-refractivity contribution is 0.688. The quantitative estimate of drug-likeness (QED) is 0.868. The minimum Gasteiger partial charge on any atom is -0.309 e. The lowest BCUT2D eigenvalue weighted by Gasteiger charge is -2.09. The Kier molecular flexibility index (Phi) is 4.97. The molecule has 0 saturated carbocycles. The first-order valence-electron chi connectivity index (χ1n) is 6.31. The topological polar surface area (TPSA) is 12.0 Å². The Morgan fingerprint density at radius 2 is 1.56 bits per heavy atom. The Morgan fingerprint density at radius 1 is 0.889 bits per heavy atom. The zero-order valence-electron chi connectivity index (χ0n) is 10.6. The summed E-state index contributed by atoms with van der Waals surface area (Å²) in [6.07, 6.45) is 1.09. The van der Waals surface area contributed by atoms with E-state index < -0.39 is 0 Å². The summed E-state index contributed by atoms with van der Waals surface area (Å²) in [5, 5.41) is 3.50. The molecule has 1 N–H and O–H groups in total. The molecule has 2 heteroatoms. The van der Waals surface area contributed by atoms with Gasteiger partial charge in [-0.25, -0.2) is 0 Å². The SMILES string of the molecule is CCc1ccccc1CNCc1ccc(Br)cc1. The van der Waals surface area contributed by atoms with Gasteiger partial charge in [0.05, 0.1) is 0 Å². The van der Waals surface area contributed by atoms with Crippen molar-refractivity contribution in [2.24, 2.45) is 0 Å². The molecule has 2 aromatic rings.